The van der Waals surface area contributed by atoms with Crippen LogP contribution in [0.25, 0.3) is 0 Å². The summed E-state index contributed by atoms with van der Waals surface area (Å²) >= 11 is 0. The average molecular weight is 379 g/mol. The van der Waals surface area contributed by atoms with Crippen LogP contribution in [0.4, 0.5) is 5.69 Å². The fraction of sp³-hybridized carbons (Fsp3) is 0.478. The van der Waals surface area contributed by atoms with Crippen LogP contribution in [0.3, 0.4) is 0 Å². The minimum Gasteiger partial charge on any atom is -0.382 e. The molecule has 0 bridgehead atoms. The summed E-state index contributed by atoms with van der Waals surface area (Å²) in [5.74, 6) is 0.0478. The lowest BCUT2D eigenvalue weighted by atomic mass is 9.95. The van der Waals surface area contributed by atoms with Crippen molar-refractivity contribution in [3.05, 3.63) is 59.9 Å². The third kappa shape index (κ3) is 4.90. The lowest BCUT2D eigenvalue weighted by molar-refractivity contribution is 0.0623. The van der Waals surface area contributed by atoms with Crippen LogP contribution in [0.15, 0.2) is 48.7 Å². The molecular weight excluding hydrogens is 348 g/mol. The van der Waals surface area contributed by atoms with Crippen molar-refractivity contribution in [3.8, 4) is 0 Å². The summed E-state index contributed by atoms with van der Waals surface area (Å²) in [6, 6.07) is 14.9. The number of pyridine rings is 1. The summed E-state index contributed by atoms with van der Waals surface area (Å²) in [5, 5.41) is 3.59. The van der Waals surface area contributed by atoms with E-state index >= 15 is 0 Å². The van der Waals surface area contributed by atoms with Crippen LogP contribution in [0.1, 0.15) is 48.2 Å². The molecule has 148 valence electrons. The molecule has 1 amide bonds. The predicted octanol–water partition coefficient (Wildman–Crippen LogP) is 3.78. The molecule has 1 aromatic heterocycles. The van der Waals surface area contributed by atoms with Crippen molar-refractivity contribution in [2.45, 2.75) is 44.7 Å². The largest absolute Gasteiger partial charge is 0.382 e. The van der Waals surface area contributed by atoms with Crippen molar-refractivity contribution >= 4 is 11.6 Å². The van der Waals surface area contributed by atoms with Gasteiger partial charge in [0.1, 0.15) is 5.69 Å². The molecule has 2 heterocycles. The fourth-order valence-corrected chi connectivity index (χ4v) is 4.23. The molecule has 2 fully saturated rings. The van der Waals surface area contributed by atoms with E-state index in [-0.39, 0.29) is 5.91 Å². The maximum Gasteiger partial charge on any atom is 0.272 e. The van der Waals surface area contributed by atoms with Crippen LogP contribution in [0, 0.1) is 0 Å². The molecule has 0 atom stereocenters. The number of carbonyl (C=O) groups excluding carboxylic acids is 1. The second-order valence-electron chi connectivity index (χ2n) is 7.96. The van der Waals surface area contributed by atoms with Crippen molar-refractivity contribution in [1.29, 1.82) is 0 Å². The van der Waals surface area contributed by atoms with E-state index in [2.05, 4.69) is 39.5 Å². The van der Waals surface area contributed by atoms with Gasteiger partial charge in [0, 0.05) is 50.6 Å². The standard InChI is InChI=1S/C23H30N4O/c28-23(22-17-21(11-12-24-22)25-20-9-5-2-6-10-20)27-15-13-26(14-16-27)18-19-7-3-1-4-8-19/h1,3-4,7-8,11-12,17,20H,2,5-6,9-10,13-16,18H2,(H,24,25). The molecule has 5 heteroatoms. The van der Waals surface area contributed by atoms with Crippen LogP contribution < -0.4 is 5.32 Å². The minimum absolute atomic E-state index is 0.0478. The number of piperazine rings is 1. The topological polar surface area (TPSA) is 48.5 Å². The second kappa shape index (κ2) is 9.20. The number of hydrogen-bond acceptors (Lipinski definition) is 4. The molecule has 2 aliphatic rings. The molecule has 1 N–H and O–H groups in total. The van der Waals surface area contributed by atoms with Crippen LogP contribution in [0.2, 0.25) is 0 Å². The SMILES string of the molecule is O=C(c1cc(NC2CCCCC2)ccn1)N1CCN(Cc2ccccc2)CC1. The first kappa shape index (κ1) is 18.9. The van der Waals surface area contributed by atoms with Gasteiger partial charge in [0.2, 0.25) is 0 Å². The molecule has 1 saturated carbocycles. The number of rotatable bonds is 5. The number of carbonyl (C=O) groups is 1. The van der Waals surface area contributed by atoms with Gasteiger partial charge in [-0.25, -0.2) is 0 Å². The lowest BCUT2D eigenvalue weighted by Crippen LogP contribution is -2.48. The lowest BCUT2D eigenvalue weighted by Gasteiger charge is -2.34. The summed E-state index contributed by atoms with van der Waals surface area (Å²) in [4.78, 5) is 21.6. The molecular formula is C23H30N4O. The van der Waals surface area contributed by atoms with Crippen molar-refractivity contribution in [2.24, 2.45) is 0 Å². The Kier molecular flexibility index (Phi) is 6.22. The number of amides is 1. The van der Waals surface area contributed by atoms with Gasteiger partial charge in [0.25, 0.3) is 5.91 Å². The van der Waals surface area contributed by atoms with Crippen molar-refractivity contribution in [3.63, 3.8) is 0 Å². The monoisotopic (exact) mass is 378 g/mol. The van der Waals surface area contributed by atoms with Gasteiger partial charge in [0.05, 0.1) is 0 Å². The molecule has 1 saturated heterocycles. The van der Waals surface area contributed by atoms with Gasteiger partial charge in [-0.2, -0.15) is 0 Å². The number of nitrogens with one attached hydrogen (secondary N) is 1. The molecule has 0 radical (unpaired) electrons. The Hall–Kier alpha value is -2.40. The molecule has 1 aliphatic heterocycles. The molecule has 0 unspecified atom stereocenters. The van der Waals surface area contributed by atoms with Crippen LogP contribution in [-0.2, 0) is 6.54 Å². The zero-order valence-electron chi connectivity index (χ0n) is 16.5. The Labute approximate surface area is 167 Å². The predicted molar refractivity (Wildman–Crippen MR) is 112 cm³/mol. The van der Waals surface area contributed by atoms with Gasteiger partial charge in [0.15, 0.2) is 0 Å². The quantitative estimate of drug-likeness (QED) is 0.860. The first-order valence-corrected chi connectivity index (χ1v) is 10.6. The Bertz CT molecular complexity index is 765. The summed E-state index contributed by atoms with van der Waals surface area (Å²) in [6.07, 6.45) is 8.12. The van der Waals surface area contributed by atoms with E-state index in [1.165, 1.54) is 37.7 Å². The second-order valence-corrected chi connectivity index (χ2v) is 7.96. The molecule has 2 aromatic rings. The molecule has 1 aromatic carbocycles. The van der Waals surface area contributed by atoms with E-state index in [0.717, 1.165) is 38.4 Å². The molecule has 5 nitrogen and oxygen atoms in total. The van der Waals surface area contributed by atoms with Crippen LogP contribution >= 0.6 is 0 Å². The minimum atomic E-state index is 0.0478. The smallest absolute Gasteiger partial charge is 0.272 e. The van der Waals surface area contributed by atoms with Gasteiger partial charge >= 0.3 is 0 Å². The summed E-state index contributed by atoms with van der Waals surface area (Å²) in [7, 11) is 0. The average Bonchev–Trinajstić information content (AvgIpc) is 2.75. The Morgan fingerprint density at radius 3 is 2.50 bits per heavy atom. The number of aromatic nitrogens is 1. The van der Waals surface area contributed by atoms with Gasteiger partial charge < -0.3 is 10.2 Å². The molecule has 1 aliphatic carbocycles. The number of anilines is 1. The highest BCUT2D eigenvalue weighted by Gasteiger charge is 2.23. The van der Waals surface area contributed by atoms with E-state index in [9.17, 15) is 4.79 Å². The molecule has 0 spiro atoms. The van der Waals surface area contributed by atoms with Crippen molar-refractivity contribution in [2.75, 3.05) is 31.5 Å². The summed E-state index contributed by atoms with van der Waals surface area (Å²) in [6.45, 7) is 4.27. The first-order valence-electron chi connectivity index (χ1n) is 10.6. The van der Waals surface area contributed by atoms with E-state index < -0.39 is 0 Å². The fourth-order valence-electron chi connectivity index (χ4n) is 4.23. The van der Waals surface area contributed by atoms with Gasteiger partial charge in [-0.1, -0.05) is 49.6 Å². The van der Waals surface area contributed by atoms with Gasteiger partial charge in [-0.15, -0.1) is 0 Å². The van der Waals surface area contributed by atoms with E-state index in [1.807, 2.05) is 23.1 Å². The summed E-state index contributed by atoms with van der Waals surface area (Å²) in [5.41, 5.74) is 2.90. The number of nitrogens with zero attached hydrogens (tertiary/aromatic N) is 3. The zero-order chi connectivity index (χ0) is 19.2. The van der Waals surface area contributed by atoms with Crippen molar-refractivity contribution in [1.82, 2.24) is 14.8 Å². The third-order valence-corrected chi connectivity index (χ3v) is 5.86. The zero-order valence-corrected chi connectivity index (χ0v) is 16.5. The maximum atomic E-state index is 12.9. The Morgan fingerprint density at radius 1 is 1.00 bits per heavy atom. The van der Waals surface area contributed by atoms with Gasteiger partial charge in [-0.3, -0.25) is 14.7 Å². The van der Waals surface area contributed by atoms with E-state index in [1.54, 1.807) is 6.20 Å². The van der Waals surface area contributed by atoms with E-state index in [0.29, 0.717) is 11.7 Å². The number of hydrogen-bond donors (Lipinski definition) is 1. The Morgan fingerprint density at radius 2 is 1.75 bits per heavy atom. The highest BCUT2D eigenvalue weighted by atomic mass is 16.2. The molecule has 4 rings (SSSR count). The summed E-state index contributed by atoms with van der Waals surface area (Å²) < 4.78 is 0. The van der Waals surface area contributed by atoms with Crippen molar-refractivity contribution < 1.29 is 4.79 Å². The first-order chi connectivity index (χ1) is 13.8. The van der Waals surface area contributed by atoms with Crippen LogP contribution in [0.5, 0.6) is 0 Å². The third-order valence-electron chi connectivity index (χ3n) is 5.86. The van der Waals surface area contributed by atoms with Crippen LogP contribution in [-0.4, -0.2) is 52.9 Å². The number of benzene rings is 1. The van der Waals surface area contributed by atoms with Gasteiger partial charge in [-0.05, 0) is 30.5 Å². The highest BCUT2D eigenvalue weighted by molar-refractivity contribution is 5.93. The molecule has 28 heavy (non-hydrogen) atoms. The highest BCUT2D eigenvalue weighted by Crippen LogP contribution is 2.22. The Balaban J connectivity index is 1.31. The normalized spacial score (nSPS) is 18.8. The maximum absolute atomic E-state index is 12.9. The van der Waals surface area contributed by atoms with E-state index in [4.69, 9.17) is 0 Å².